The van der Waals surface area contributed by atoms with Crippen molar-refractivity contribution in [2.45, 2.75) is 24.6 Å². The van der Waals surface area contributed by atoms with Gasteiger partial charge in [0, 0.05) is 10.7 Å². The molecule has 0 N–H and O–H groups in total. The van der Waals surface area contributed by atoms with E-state index in [2.05, 4.69) is 15.9 Å². The van der Waals surface area contributed by atoms with Gasteiger partial charge in [0.2, 0.25) is 0 Å². The van der Waals surface area contributed by atoms with Gasteiger partial charge in [0.15, 0.2) is 5.60 Å². The minimum absolute atomic E-state index is 0.134. The zero-order valence-electron chi connectivity index (χ0n) is 6.25. The Morgan fingerprint density at radius 3 is 2.17 bits per heavy atom. The van der Waals surface area contributed by atoms with Gasteiger partial charge in [-0.15, -0.1) is 0 Å². The summed E-state index contributed by atoms with van der Waals surface area (Å²) in [6.07, 6.45) is -3.92. The van der Waals surface area contributed by atoms with Crippen LogP contribution in [0.2, 0.25) is 0 Å². The molecule has 12 heavy (non-hydrogen) atoms. The zero-order chi connectivity index (χ0) is 9.04. The first-order valence-electron chi connectivity index (χ1n) is 3.70. The van der Waals surface area contributed by atoms with Crippen LogP contribution in [-0.4, -0.2) is 23.7 Å². The van der Waals surface area contributed by atoms with Gasteiger partial charge in [-0.2, -0.15) is 13.2 Å². The lowest BCUT2D eigenvalue weighted by Crippen LogP contribution is -2.54. The molecule has 2 aliphatic heterocycles. The molecule has 0 spiro atoms. The lowest BCUT2D eigenvalue weighted by Gasteiger charge is -2.44. The van der Waals surface area contributed by atoms with Gasteiger partial charge in [-0.25, -0.2) is 0 Å². The van der Waals surface area contributed by atoms with E-state index in [1.807, 2.05) is 0 Å². The maximum Gasteiger partial charge on any atom is 0.417 e. The molecular formula is C7H8BrF3O. The van der Waals surface area contributed by atoms with E-state index in [0.29, 0.717) is 5.33 Å². The summed E-state index contributed by atoms with van der Waals surface area (Å²) in [4.78, 5) is 0. The molecule has 1 nitrogen and oxygen atoms in total. The number of halogens is 4. The van der Waals surface area contributed by atoms with Crippen LogP contribution in [-0.2, 0) is 4.74 Å². The van der Waals surface area contributed by atoms with Crippen LogP contribution in [0, 0.1) is 5.41 Å². The minimum Gasteiger partial charge on any atom is -0.365 e. The van der Waals surface area contributed by atoms with Crippen molar-refractivity contribution in [3.8, 4) is 0 Å². The summed E-state index contributed by atoms with van der Waals surface area (Å²) in [5, 5.41) is 0.609. The van der Waals surface area contributed by atoms with Crippen molar-refractivity contribution in [2.75, 3.05) is 11.9 Å². The van der Waals surface area contributed by atoms with Gasteiger partial charge in [-0.1, -0.05) is 15.9 Å². The van der Waals surface area contributed by atoms with Gasteiger partial charge < -0.3 is 4.74 Å². The Hall–Kier alpha value is 0.230. The third-order valence-electron chi connectivity index (χ3n) is 2.78. The van der Waals surface area contributed by atoms with Crippen molar-refractivity contribution in [3.63, 3.8) is 0 Å². The van der Waals surface area contributed by atoms with Gasteiger partial charge in [-0.3, -0.25) is 0 Å². The van der Waals surface area contributed by atoms with Crippen LogP contribution in [0.5, 0.6) is 0 Å². The number of ether oxygens (including phenoxy) is 1. The van der Waals surface area contributed by atoms with E-state index >= 15 is 0 Å². The SMILES string of the molecule is FC(F)(F)C12CC(CBr)(CO1)C2. The predicted molar refractivity (Wildman–Crippen MR) is 40.2 cm³/mol. The Labute approximate surface area is 76.4 Å². The van der Waals surface area contributed by atoms with Gasteiger partial charge in [0.1, 0.15) is 0 Å². The average molecular weight is 245 g/mol. The number of rotatable bonds is 1. The molecule has 0 radical (unpaired) electrons. The summed E-state index contributed by atoms with van der Waals surface area (Å²) < 4.78 is 41.9. The normalized spacial score (nSPS) is 46.0. The molecule has 2 saturated heterocycles. The standard InChI is InChI=1S/C7H8BrF3O/c8-3-5-1-6(2-5,12-4-5)7(9,10)11/h1-4H2. The Morgan fingerprint density at radius 2 is 1.92 bits per heavy atom. The fourth-order valence-corrected chi connectivity index (χ4v) is 2.63. The highest BCUT2D eigenvalue weighted by Crippen LogP contribution is 2.64. The molecular weight excluding hydrogens is 237 g/mol. The summed E-state index contributed by atoms with van der Waals surface area (Å²) in [6, 6.07) is 0. The monoisotopic (exact) mass is 244 g/mol. The van der Waals surface area contributed by atoms with E-state index < -0.39 is 11.8 Å². The first-order valence-corrected chi connectivity index (χ1v) is 4.82. The molecule has 1 saturated carbocycles. The molecule has 0 aromatic carbocycles. The molecule has 70 valence electrons. The van der Waals surface area contributed by atoms with E-state index in [-0.39, 0.29) is 24.9 Å². The molecule has 3 fully saturated rings. The number of hydrogen-bond donors (Lipinski definition) is 0. The topological polar surface area (TPSA) is 9.23 Å². The van der Waals surface area contributed by atoms with Crippen LogP contribution in [0.3, 0.4) is 0 Å². The van der Waals surface area contributed by atoms with Gasteiger partial charge in [-0.05, 0) is 12.8 Å². The van der Waals surface area contributed by atoms with Gasteiger partial charge in [0.25, 0.3) is 0 Å². The molecule has 3 rings (SSSR count). The first-order chi connectivity index (χ1) is 5.43. The summed E-state index contributed by atoms with van der Waals surface area (Å²) >= 11 is 3.21. The van der Waals surface area contributed by atoms with Crippen molar-refractivity contribution in [2.24, 2.45) is 5.41 Å². The lowest BCUT2D eigenvalue weighted by molar-refractivity contribution is -0.276. The van der Waals surface area contributed by atoms with E-state index in [4.69, 9.17) is 4.74 Å². The quantitative estimate of drug-likeness (QED) is 0.645. The second kappa shape index (κ2) is 2.18. The zero-order valence-corrected chi connectivity index (χ0v) is 7.83. The third-order valence-corrected chi connectivity index (χ3v) is 3.97. The Morgan fingerprint density at radius 1 is 1.33 bits per heavy atom. The second-order valence-electron chi connectivity index (χ2n) is 3.77. The van der Waals surface area contributed by atoms with E-state index in [1.165, 1.54) is 0 Å². The molecule has 0 unspecified atom stereocenters. The highest BCUT2D eigenvalue weighted by Gasteiger charge is 2.73. The Kier molecular flexibility index (Phi) is 1.60. The maximum atomic E-state index is 12.3. The summed E-state index contributed by atoms with van der Waals surface area (Å²) in [5.41, 5.74) is -2.02. The van der Waals surface area contributed by atoms with E-state index in [1.54, 1.807) is 0 Å². The molecule has 0 amide bonds. The van der Waals surface area contributed by atoms with E-state index in [0.717, 1.165) is 0 Å². The van der Waals surface area contributed by atoms with Crippen LogP contribution in [0.1, 0.15) is 12.8 Å². The van der Waals surface area contributed by atoms with Crippen LogP contribution in [0.4, 0.5) is 13.2 Å². The maximum absolute atomic E-state index is 12.3. The second-order valence-corrected chi connectivity index (χ2v) is 4.33. The van der Waals surface area contributed by atoms with Gasteiger partial charge >= 0.3 is 6.18 Å². The highest BCUT2D eigenvalue weighted by molar-refractivity contribution is 9.09. The lowest BCUT2D eigenvalue weighted by atomic mass is 9.63. The molecule has 1 aliphatic carbocycles. The summed E-state index contributed by atoms with van der Waals surface area (Å²) in [5.74, 6) is 0. The van der Waals surface area contributed by atoms with Crippen molar-refractivity contribution < 1.29 is 17.9 Å². The van der Waals surface area contributed by atoms with Crippen LogP contribution in [0.25, 0.3) is 0 Å². The van der Waals surface area contributed by atoms with Crippen molar-refractivity contribution in [1.29, 1.82) is 0 Å². The minimum atomic E-state index is -4.19. The van der Waals surface area contributed by atoms with Crippen molar-refractivity contribution >= 4 is 15.9 Å². The Bertz CT molecular complexity index is 207. The molecule has 2 heterocycles. The molecule has 5 heteroatoms. The summed E-state index contributed by atoms with van der Waals surface area (Å²) in [6.45, 7) is 0.248. The molecule has 0 atom stereocenters. The van der Waals surface area contributed by atoms with Crippen molar-refractivity contribution in [3.05, 3.63) is 0 Å². The average Bonchev–Trinajstić information content (AvgIpc) is 2.37. The third kappa shape index (κ3) is 0.894. The molecule has 0 aromatic rings. The van der Waals surface area contributed by atoms with Gasteiger partial charge in [0.05, 0.1) is 6.61 Å². The predicted octanol–water partition coefficient (Wildman–Crippen LogP) is 2.49. The van der Waals surface area contributed by atoms with E-state index in [9.17, 15) is 13.2 Å². The molecule has 0 aromatic heterocycles. The van der Waals surface area contributed by atoms with Crippen LogP contribution < -0.4 is 0 Å². The van der Waals surface area contributed by atoms with Crippen LogP contribution in [0.15, 0.2) is 0 Å². The molecule has 2 bridgehead atoms. The Balaban J connectivity index is 2.14. The smallest absolute Gasteiger partial charge is 0.365 e. The number of hydrogen-bond acceptors (Lipinski definition) is 1. The molecule has 3 aliphatic rings. The van der Waals surface area contributed by atoms with Crippen LogP contribution >= 0.6 is 15.9 Å². The number of fused-ring (bicyclic) bond motifs is 1. The fraction of sp³-hybridized carbons (Fsp3) is 1.00. The summed E-state index contributed by atoms with van der Waals surface area (Å²) in [7, 11) is 0. The fourth-order valence-electron chi connectivity index (χ4n) is 2.07. The first kappa shape index (κ1) is 8.81. The largest absolute Gasteiger partial charge is 0.417 e. The van der Waals surface area contributed by atoms with Crippen molar-refractivity contribution in [1.82, 2.24) is 0 Å². The number of alkyl halides is 4. The highest BCUT2D eigenvalue weighted by atomic mass is 79.9.